The second-order valence-corrected chi connectivity index (χ2v) is 4.83. The minimum Gasteiger partial charge on any atom is -0.496 e. The van der Waals surface area contributed by atoms with Gasteiger partial charge < -0.3 is 10.1 Å². The van der Waals surface area contributed by atoms with Crippen LogP contribution >= 0.6 is 11.6 Å². The fourth-order valence-corrected chi connectivity index (χ4v) is 2.32. The summed E-state index contributed by atoms with van der Waals surface area (Å²) in [4.78, 5) is 0. The molecule has 0 aliphatic rings. The summed E-state index contributed by atoms with van der Waals surface area (Å²) in [7, 11) is 3.03. The molecular weight excluding hydrogens is 303 g/mol. The topological polar surface area (TPSA) is 21.3 Å². The average Bonchev–Trinajstić information content (AvgIpc) is 2.46. The van der Waals surface area contributed by atoms with Gasteiger partial charge in [0.05, 0.1) is 13.2 Å². The molecule has 0 heterocycles. The van der Waals surface area contributed by atoms with Gasteiger partial charge in [0.15, 0.2) is 11.6 Å². The summed E-state index contributed by atoms with van der Waals surface area (Å²) in [6.07, 6.45) is 0. The first-order valence-corrected chi connectivity index (χ1v) is 6.51. The number of benzene rings is 2. The number of ether oxygens (including phenoxy) is 1. The van der Waals surface area contributed by atoms with Crippen molar-refractivity contribution in [3.05, 3.63) is 63.9 Å². The largest absolute Gasteiger partial charge is 0.496 e. The summed E-state index contributed by atoms with van der Waals surface area (Å²) in [6.45, 7) is 0. The summed E-state index contributed by atoms with van der Waals surface area (Å²) >= 11 is 5.88. The van der Waals surface area contributed by atoms with E-state index in [4.69, 9.17) is 16.3 Å². The maximum absolute atomic E-state index is 14.0. The Balaban J connectivity index is 2.57. The lowest BCUT2D eigenvalue weighted by molar-refractivity contribution is 0.404. The van der Waals surface area contributed by atoms with E-state index in [9.17, 15) is 13.2 Å². The van der Waals surface area contributed by atoms with Crippen molar-refractivity contribution >= 4 is 11.6 Å². The normalized spacial score (nSPS) is 12.3. The monoisotopic (exact) mass is 315 g/mol. The predicted octanol–water partition coefficient (Wildman–Crippen LogP) is 4.07. The number of hydrogen-bond acceptors (Lipinski definition) is 2. The zero-order valence-electron chi connectivity index (χ0n) is 11.4. The van der Waals surface area contributed by atoms with Crippen LogP contribution in [0.3, 0.4) is 0 Å². The SMILES string of the molecule is CNC(c1cc(F)c(F)cc1F)c1ccc(Cl)cc1OC. The second kappa shape index (κ2) is 6.37. The molecule has 0 spiro atoms. The highest BCUT2D eigenvalue weighted by atomic mass is 35.5. The van der Waals surface area contributed by atoms with E-state index >= 15 is 0 Å². The average molecular weight is 316 g/mol. The Labute approximate surface area is 125 Å². The third-order valence-electron chi connectivity index (χ3n) is 3.15. The third kappa shape index (κ3) is 3.14. The van der Waals surface area contributed by atoms with Gasteiger partial charge in [-0.1, -0.05) is 17.7 Å². The molecule has 2 aromatic carbocycles. The first-order chi connectivity index (χ1) is 9.97. The van der Waals surface area contributed by atoms with Crippen molar-refractivity contribution in [1.82, 2.24) is 5.32 Å². The van der Waals surface area contributed by atoms with E-state index in [0.717, 1.165) is 6.07 Å². The van der Waals surface area contributed by atoms with Gasteiger partial charge >= 0.3 is 0 Å². The van der Waals surface area contributed by atoms with Crippen molar-refractivity contribution in [2.75, 3.05) is 14.2 Å². The summed E-state index contributed by atoms with van der Waals surface area (Å²) in [5, 5.41) is 3.32. The van der Waals surface area contributed by atoms with Crippen molar-refractivity contribution < 1.29 is 17.9 Å². The van der Waals surface area contributed by atoms with Gasteiger partial charge in [0.25, 0.3) is 0 Å². The Morgan fingerprint density at radius 1 is 1.00 bits per heavy atom. The Hall–Kier alpha value is -1.72. The standard InChI is InChI=1S/C15H13ClF3NO/c1-20-15(9-4-3-8(16)5-14(9)21-2)10-6-12(18)13(19)7-11(10)17/h3-7,15,20H,1-2H3. The van der Waals surface area contributed by atoms with Gasteiger partial charge in [0.1, 0.15) is 11.6 Å². The van der Waals surface area contributed by atoms with Gasteiger partial charge in [-0.05, 0) is 25.2 Å². The maximum Gasteiger partial charge on any atom is 0.161 e. The van der Waals surface area contributed by atoms with E-state index in [2.05, 4.69) is 5.32 Å². The molecule has 6 heteroatoms. The molecule has 21 heavy (non-hydrogen) atoms. The minimum atomic E-state index is -1.23. The first kappa shape index (κ1) is 15.7. The van der Waals surface area contributed by atoms with Gasteiger partial charge in [0.2, 0.25) is 0 Å². The molecule has 0 saturated carbocycles. The summed E-state index contributed by atoms with van der Waals surface area (Å²) < 4.78 is 45.6. The summed E-state index contributed by atoms with van der Waals surface area (Å²) in [6, 6.07) is 5.48. The molecule has 0 fully saturated rings. The number of nitrogens with one attached hydrogen (secondary N) is 1. The lowest BCUT2D eigenvalue weighted by atomic mass is 9.97. The van der Waals surface area contributed by atoms with E-state index in [0.29, 0.717) is 22.4 Å². The lowest BCUT2D eigenvalue weighted by Gasteiger charge is -2.20. The highest BCUT2D eigenvalue weighted by molar-refractivity contribution is 6.30. The highest BCUT2D eigenvalue weighted by Gasteiger charge is 2.22. The zero-order valence-corrected chi connectivity index (χ0v) is 12.1. The van der Waals surface area contributed by atoms with Crippen molar-refractivity contribution in [1.29, 1.82) is 0 Å². The van der Waals surface area contributed by atoms with Crippen LogP contribution in [0.1, 0.15) is 17.2 Å². The van der Waals surface area contributed by atoms with Gasteiger partial charge in [-0.25, -0.2) is 13.2 Å². The number of rotatable bonds is 4. The van der Waals surface area contributed by atoms with Crippen LogP contribution < -0.4 is 10.1 Å². The van der Waals surface area contributed by atoms with E-state index in [-0.39, 0.29) is 5.56 Å². The van der Waals surface area contributed by atoms with Crippen LogP contribution in [0, 0.1) is 17.5 Å². The molecule has 0 aromatic heterocycles. The third-order valence-corrected chi connectivity index (χ3v) is 3.38. The molecule has 0 saturated heterocycles. The van der Waals surface area contributed by atoms with Crippen LogP contribution in [0.15, 0.2) is 30.3 Å². The first-order valence-electron chi connectivity index (χ1n) is 6.13. The van der Waals surface area contributed by atoms with Crippen LogP contribution in [-0.4, -0.2) is 14.2 Å². The number of hydrogen-bond donors (Lipinski definition) is 1. The van der Waals surface area contributed by atoms with Crippen molar-refractivity contribution in [2.45, 2.75) is 6.04 Å². The maximum atomic E-state index is 14.0. The quantitative estimate of drug-likeness (QED) is 0.859. The molecule has 1 unspecified atom stereocenters. The Morgan fingerprint density at radius 3 is 2.29 bits per heavy atom. The fraction of sp³-hybridized carbons (Fsp3) is 0.200. The number of methoxy groups -OCH3 is 1. The Kier molecular flexibility index (Phi) is 4.75. The Bertz CT molecular complexity index is 664. The summed E-state index contributed by atoms with van der Waals surface area (Å²) in [5.74, 6) is -2.76. The van der Waals surface area contributed by atoms with E-state index in [1.165, 1.54) is 7.11 Å². The molecular formula is C15H13ClF3NO. The molecule has 0 aliphatic heterocycles. The van der Waals surface area contributed by atoms with Gasteiger partial charge in [0, 0.05) is 22.2 Å². The van der Waals surface area contributed by atoms with Crippen LogP contribution in [0.2, 0.25) is 5.02 Å². The molecule has 0 amide bonds. The second-order valence-electron chi connectivity index (χ2n) is 4.40. The van der Waals surface area contributed by atoms with Crippen LogP contribution in [0.5, 0.6) is 5.75 Å². The molecule has 2 rings (SSSR count). The zero-order chi connectivity index (χ0) is 15.6. The van der Waals surface area contributed by atoms with E-state index in [1.54, 1.807) is 25.2 Å². The van der Waals surface area contributed by atoms with Crippen LogP contribution in [0.25, 0.3) is 0 Å². The minimum absolute atomic E-state index is 0.0166. The highest BCUT2D eigenvalue weighted by Crippen LogP contribution is 2.33. The van der Waals surface area contributed by atoms with Crippen molar-refractivity contribution in [3.8, 4) is 5.75 Å². The van der Waals surface area contributed by atoms with Crippen molar-refractivity contribution in [3.63, 3.8) is 0 Å². The van der Waals surface area contributed by atoms with E-state index in [1.807, 2.05) is 0 Å². The van der Waals surface area contributed by atoms with Crippen LogP contribution in [-0.2, 0) is 0 Å². The molecule has 2 nitrogen and oxygen atoms in total. The van der Waals surface area contributed by atoms with E-state index < -0.39 is 23.5 Å². The molecule has 112 valence electrons. The molecule has 0 bridgehead atoms. The van der Waals surface area contributed by atoms with Gasteiger partial charge in [-0.15, -0.1) is 0 Å². The fourth-order valence-electron chi connectivity index (χ4n) is 2.16. The van der Waals surface area contributed by atoms with Gasteiger partial charge in [-0.3, -0.25) is 0 Å². The summed E-state index contributed by atoms with van der Waals surface area (Å²) in [5.41, 5.74) is 0.548. The smallest absolute Gasteiger partial charge is 0.161 e. The molecule has 1 N–H and O–H groups in total. The number of halogens is 4. The molecule has 1 atom stereocenters. The van der Waals surface area contributed by atoms with Crippen molar-refractivity contribution in [2.24, 2.45) is 0 Å². The molecule has 0 aliphatic carbocycles. The lowest BCUT2D eigenvalue weighted by Crippen LogP contribution is -2.20. The molecule has 0 radical (unpaired) electrons. The Morgan fingerprint density at radius 2 is 1.67 bits per heavy atom. The molecule has 2 aromatic rings. The van der Waals surface area contributed by atoms with Crippen LogP contribution in [0.4, 0.5) is 13.2 Å². The predicted molar refractivity (Wildman–Crippen MR) is 75.2 cm³/mol. The van der Waals surface area contributed by atoms with Gasteiger partial charge in [-0.2, -0.15) is 0 Å².